The molecular formula is C22H28N2O3. The van der Waals surface area contributed by atoms with Crippen LogP contribution in [-0.4, -0.2) is 51.7 Å². The molecule has 2 aliphatic heterocycles. The van der Waals surface area contributed by atoms with Crippen molar-refractivity contribution in [2.75, 3.05) is 32.2 Å². The molecule has 2 aromatic carbocycles. The van der Waals surface area contributed by atoms with Crippen molar-refractivity contribution in [2.45, 2.75) is 37.5 Å². The van der Waals surface area contributed by atoms with Crippen molar-refractivity contribution in [1.29, 1.82) is 0 Å². The summed E-state index contributed by atoms with van der Waals surface area (Å²) < 4.78 is 18.1. The molecule has 144 valence electrons. The minimum absolute atomic E-state index is 0.00128. The average Bonchev–Trinajstić information content (AvgIpc) is 3.28. The summed E-state index contributed by atoms with van der Waals surface area (Å²) in [5.41, 5.74) is 3.65. The van der Waals surface area contributed by atoms with Gasteiger partial charge < -0.3 is 24.4 Å². The van der Waals surface area contributed by atoms with Gasteiger partial charge in [-0.3, -0.25) is 0 Å². The van der Waals surface area contributed by atoms with Crippen LogP contribution in [-0.2, 0) is 27.4 Å². The molecule has 0 radical (unpaired) electrons. The summed E-state index contributed by atoms with van der Waals surface area (Å²) in [5, 5.41) is 3.59. The Bertz CT molecular complexity index is 720. The average molecular weight is 368 g/mol. The van der Waals surface area contributed by atoms with Crippen LogP contribution in [0.5, 0.6) is 0 Å². The van der Waals surface area contributed by atoms with Gasteiger partial charge in [-0.25, -0.2) is 0 Å². The van der Waals surface area contributed by atoms with Gasteiger partial charge in [-0.2, -0.15) is 0 Å². The molecule has 2 fully saturated rings. The third-order valence-corrected chi connectivity index (χ3v) is 5.34. The molecule has 0 bridgehead atoms. The minimum Gasteiger partial charge on any atom is -0.378 e. The van der Waals surface area contributed by atoms with Gasteiger partial charge in [0.15, 0.2) is 0 Å². The monoisotopic (exact) mass is 368 g/mol. The molecule has 5 heteroatoms. The number of fused-ring (bicyclic) bond motifs is 1. The lowest BCUT2D eigenvalue weighted by molar-refractivity contribution is -0.0393. The molecule has 27 heavy (non-hydrogen) atoms. The number of nitrogens with one attached hydrogen (secondary N) is 1. The Hall–Kier alpha value is -1.92. The van der Waals surface area contributed by atoms with Gasteiger partial charge in [0.25, 0.3) is 0 Å². The van der Waals surface area contributed by atoms with Crippen LogP contribution in [0, 0.1) is 0 Å². The number of rotatable bonds is 7. The van der Waals surface area contributed by atoms with E-state index in [1.807, 2.05) is 18.2 Å². The Kier molecular flexibility index (Phi) is 5.74. The molecule has 2 aliphatic rings. The maximum absolute atomic E-state index is 6.07. The molecule has 0 aromatic heterocycles. The summed E-state index contributed by atoms with van der Waals surface area (Å²) in [6.45, 7) is 2.66. The van der Waals surface area contributed by atoms with E-state index in [2.05, 4.69) is 60.7 Å². The molecule has 5 nitrogen and oxygen atoms in total. The van der Waals surface area contributed by atoms with Crippen LogP contribution >= 0.6 is 0 Å². The maximum atomic E-state index is 6.07. The van der Waals surface area contributed by atoms with Crippen LogP contribution in [0.15, 0.2) is 54.6 Å². The molecule has 0 amide bonds. The summed E-state index contributed by atoms with van der Waals surface area (Å²) in [5.74, 6) is 0. The Morgan fingerprint density at radius 1 is 0.926 bits per heavy atom. The molecule has 0 spiro atoms. The molecule has 0 saturated carbocycles. The molecule has 1 N–H and O–H groups in total. The number of hydrogen-bond donors (Lipinski definition) is 1. The Morgan fingerprint density at radius 3 is 2.41 bits per heavy atom. The van der Waals surface area contributed by atoms with Crippen LogP contribution in [0.25, 0.3) is 0 Å². The van der Waals surface area contributed by atoms with E-state index in [0.29, 0.717) is 19.8 Å². The number of nitrogens with zero attached hydrogens (tertiary/aromatic N) is 1. The van der Waals surface area contributed by atoms with Crippen LogP contribution in [0.1, 0.15) is 11.1 Å². The Balaban J connectivity index is 1.27. The molecule has 2 heterocycles. The standard InChI is InChI=1S/C22H28N2O3/c1-24(2)18-10-8-16(9-11-18)12-23-19-14-26-22-20(15-27-21(19)22)25-13-17-6-4-3-5-7-17/h3-11,19-23H,12-15H2,1-2H3. The highest BCUT2D eigenvalue weighted by molar-refractivity contribution is 5.45. The van der Waals surface area contributed by atoms with Crippen molar-refractivity contribution in [3.8, 4) is 0 Å². The molecule has 0 aliphatic carbocycles. The van der Waals surface area contributed by atoms with Crippen molar-refractivity contribution in [1.82, 2.24) is 5.32 Å². The first-order chi connectivity index (χ1) is 13.2. The molecule has 4 atom stereocenters. The van der Waals surface area contributed by atoms with E-state index in [9.17, 15) is 0 Å². The Morgan fingerprint density at radius 2 is 1.67 bits per heavy atom. The molecule has 4 rings (SSSR count). The van der Waals surface area contributed by atoms with Gasteiger partial charge in [0.05, 0.1) is 25.9 Å². The zero-order valence-corrected chi connectivity index (χ0v) is 16.0. The summed E-state index contributed by atoms with van der Waals surface area (Å²) in [6, 6.07) is 19.1. The lowest BCUT2D eigenvalue weighted by Gasteiger charge is -2.18. The predicted molar refractivity (Wildman–Crippen MR) is 106 cm³/mol. The summed E-state index contributed by atoms with van der Waals surface area (Å²) >= 11 is 0. The third-order valence-electron chi connectivity index (χ3n) is 5.34. The van der Waals surface area contributed by atoms with Gasteiger partial charge in [-0.05, 0) is 23.3 Å². The quantitative estimate of drug-likeness (QED) is 0.814. The fraction of sp³-hybridized carbons (Fsp3) is 0.455. The van der Waals surface area contributed by atoms with E-state index < -0.39 is 0 Å². The lowest BCUT2D eigenvalue weighted by atomic mass is 10.1. The van der Waals surface area contributed by atoms with Gasteiger partial charge in [-0.15, -0.1) is 0 Å². The fourth-order valence-corrected chi connectivity index (χ4v) is 3.72. The molecule has 4 unspecified atom stereocenters. The van der Waals surface area contributed by atoms with Crippen molar-refractivity contribution >= 4 is 5.69 Å². The highest BCUT2D eigenvalue weighted by Crippen LogP contribution is 2.29. The zero-order valence-electron chi connectivity index (χ0n) is 16.0. The van der Waals surface area contributed by atoms with Crippen LogP contribution in [0.4, 0.5) is 5.69 Å². The van der Waals surface area contributed by atoms with E-state index in [1.165, 1.54) is 16.8 Å². The normalized spacial score (nSPS) is 26.9. The second-order valence-electron chi connectivity index (χ2n) is 7.48. The van der Waals surface area contributed by atoms with E-state index in [1.54, 1.807) is 0 Å². The largest absolute Gasteiger partial charge is 0.378 e. The van der Waals surface area contributed by atoms with E-state index >= 15 is 0 Å². The van der Waals surface area contributed by atoms with Gasteiger partial charge in [0, 0.05) is 26.3 Å². The number of hydrogen-bond acceptors (Lipinski definition) is 5. The van der Waals surface area contributed by atoms with Crippen molar-refractivity contribution in [3.63, 3.8) is 0 Å². The lowest BCUT2D eigenvalue weighted by Crippen LogP contribution is -2.41. The molecular weight excluding hydrogens is 340 g/mol. The zero-order chi connectivity index (χ0) is 18.6. The summed E-state index contributed by atoms with van der Waals surface area (Å²) in [7, 11) is 4.11. The second-order valence-corrected chi connectivity index (χ2v) is 7.48. The van der Waals surface area contributed by atoms with Gasteiger partial charge in [-0.1, -0.05) is 42.5 Å². The number of benzene rings is 2. The smallest absolute Gasteiger partial charge is 0.114 e. The number of ether oxygens (including phenoxy) is 3. The van der Waals surface area contributed by atoms with Crippen LogP contribution < -0.4 is 10.2 Å². The van der Waals surface area contributed by atoms with Gasteiger partial charge in [0.1, 0.15) is 18.3 Å². The second kappa shape index (κ2) is 8.40. The van der Waals surface area contributed by atoms with E-state index in [4.69, 9.17) is 14.2 Å². The number of anilines is 1. The van der Waals surface area contributed by atoms with Crippen LogP contribution in [0.2, 0.25) is 0 Å². The predicted octanol–water partition coefficient (Wildman–Crippen LogP) is 2.59. The first kappa shape index (κ1) is 18.4. The summed E-state index contributed by atoms with van der Waals surface area (Å²) in [6.07, 6.45) is 0.0792. The third kappa shape index (κ3) is 4.33. The fourth-order valence-electron chi connectivity index (χ4n) is 3.72. The maximum Gasteiger partial charge on any atom is 0.114 e. The van der Waals surface area contributed by atoms with Gasteiger partial charge in [0.2, 0.25) is 0 Å². The van der Waals surface area contributed by atoms with Crippen molar-refractivity contribution < 1.29 is 14.2 Å². The first-order valence-electron chi connectivity index (χ1n) is 9.59. The Labute approximate surface area is 161 Å². The highest BCUT2D eigenvalue weighted by atomic mass is 16.6. The summed E-state index contributed by atoms with van der Waals surface area (Å²) in [4.78, 5) is 2.11. The SMILES string of the molecule is CN(C)c1ccc(CNC2COC3C(OCc4ccccc4)COC23)cc1. The van der Waals surface area contributed by atoms with Crippen molar-refractivity contribution in [2.24, 2.45) is 0 Å². The van der Waals surface area contributed by atoms with E-state index in [-0.39, 0.29) is 24.4 Å². The van der Waals surface area contributed by atoms with E-state index in [0.717, 1.165) is 6.54 Å². The highest BCUT2D eigenvalue weighted by Gasteiger charge is 2.48. The van der Waals surface area contributed by atoms with Crippen molar-refractivity contribution in [3.05, 3.63) is 65.7 Å². The topological polar surface area (TPSA) is 43.0 Å². The molecule has 2 aromatic rings. The van der Waals surface area contributed by atoms with Crippen LogP contribution in [0.3, 0.4) is 0 Å². The first-order valence-corrected chi connectivity index (χ1v) is 9.59. The van der Waals surface area contributed by atoms with Gasteiger partial charge >= 0.3 is 0 Å². The molecule has 2 saturated heterocycles. The minimum atomic E-state index is 0.00128.